The Kier molecular flexibility index (Phi) is 2.90. The average Bonchev–Trinajstić information content (AvgIpc) is 1.65. The second kappa shape index (κ2) is 3.00. The van der Waals surface area contributed by atoms with Gasteiger partial charge in [-0.3, -0.25) is 4.79 Å². The summed E-state index contributed by atoms with van der Waals surface area (Å²) < 4.78 is 24.0. The van der Waals surface area contributed by atoms with E-state index in [0.717, 1.165) is 0 Å². The third-order valence-corrected chi connectivity index (χ3v) is 1.01. The second-order valence-electron chi connectivity index (χ2n) is 1.54. The highest BCUT2D eigenvalue weighted by molar-refractivity contribution is 7.80. The minimum atomic E-state index is -3.39. The Labute approximate surface area is 56.8 Å². The number of hydrogen-bond acceptors (Lipinski definition) is 2. The zero-order valence-electron chi connectivity index (χ0n) is 4.60. The summed E-state index contributed by atoms with van der Waals surface area (Å²) in [5.41, 5.74) is 4.33. The fourth-order valence-corrected chi connectivity index (χ4v) is 0.544. The van der Waals surface area contributed by atoms with Gasteiger partial charge in [0.2, 0.25) is 0 Å². The number of amides is 1. The molecule has 0 spiro atoms. The van der Waals surface area contributed by atoms with E-state index < -0.39 is 18.3 Å². The van der Waals surface area contributed by atoms with Gasteiger partial charge in [0.25, 0.3) is 5.91 Å². The lowest BCUT2D eigenvalue weighted by Crippen LogP contribution is -2.35. The van der Waals surface area contributed by atoms with Gasteiger partial charge in [-0.1, -0.05) is 0 Å². The molecule has 0 saturated carbocycles. The molecule has 0 radical (unpaired) electrons. The van der Waals surface area contributed by atoms with Gasteiger partial charge in [0, 0.05) is 6.42 Å². The Morgan fingerprint density at radius 1 is 1.67 bits per heavy atom. The first kappa shape index (κ1) is 8.68. The van der Waals surface area contributed by atoms with E-state index in [9.17, 15) is 13.6 Å². The smallest absolute Gasteiger partial charge is 0.325 e. The molecule has 5 heteroatoms. The fourth-order valence-electron chi connectivity index (χ4n) is 0.264. The lowest BCUT2D eigenvalue weighted by molar-refractivity contribution is -0.141. The Hall–Kier alpha value is -0.320. The number of primary amides is 1. The Morgan fingerprint density at radius 2 is 2.11 bits per heavy atom. The van der Waals surface area contributed by atoms with Gasteiger partial charge in [-0.15, -0.1) is 0 Å². The van der Waals surface area contributed by atoms with Crippen LogP contribution in [0.3, 0.4) is 0 Å². The van der Waals surface area contributed by atoms with Crippen molar-refractivity contribution in [3.05, 3.63) is 0 Å². The molecular formula is C4H7F2NOS. The van der Waals surface area contributed by atoms with Crippen LogP contribution in [0.1, 0.15) is 6.42 Å². The summed E-state index contributed by atoms with van der Waals surface area (Å²) >= 11 is 3.52. The van der Waals surface area contributed by atoms with E-state index in [4.69, 9.17) is 0 Å². The molecule has 0 saturated heterocycles. The van der Waals surface area contributed by atoms with Crippen LogP contribution < -0.4 is 5.73 Å². The zero-order valence-corrected chi connectivity index (χ0v) is 5.50. The van der Waals surface area contributed by atoms with E-state index in [-0.39, 0.29) is 5.75 Å². The van der Waals surface area contributed by atoms with E-state index in [1.807, 2.05) is 0 Å². The van der Waals surface area contributed by atoms with E-state index in [1.54, 1.807) is 0 Å². The summed E-state index contributed by atoms with van der Waals surface area (Å²) in [5, 5.41) is 0. The van der Waals surface area contributed by atoms with Crippen molar-refractivity contribution in [2.75, 3.05) is 5.75 Å². The number of hydrogen-bond donors (Lipinski definition) is 2. The number of halogens is 2. The molecule has 0 aliphatic carbocycles. The van der Waals surface area contributed by atoms with Crippen LogP contribution in [0.5, 0.6) is 0 Å². The molecule has 2 N–H and O–H groups in total. The molecule has 0 aliphatic heterocycles. The predicted octanol–water partition coefficient (Wildman–Crippen LogP) is 0.427. The lowest BCUT2D eigenvalue weighted by Gasteiger charge is -2.08. The summed E-state index contributed by atoms with van der Waals surface area (Å²) in [6.45, 7) is 0. The minimum absolute atomic E-state index is 0.0457. The van der Waals surface area contributed by atoms with Crippen molar-refractivity contribution >= 4 is 18.5 Å². The molecule has 2 nitrogen and oxygen atoms in total. The van der Waals surface area contributed by atoms with E-state index in [1.165, 1.54) is 0 Å². The molecule has 9 heavy (non-hydrogen) atoms. The first-order valence-electron chi connectivity index (χ1n) is 2.29. The van der Waals surface area contributed by atoms with Crippen molar-refractivity contribution in [2.45, 2.75) is 12.3 Å². The normalized spacial score (nSPS) is 11.4. The van der Waals surface area contributed by atoms with Crippen LogP contribution in [0.4, 0.5) is 8.78 Å². The molecule has 0 aromatic carbocycles. The van der Waals surface area contributed by atoms with Gasteiger partial charge in [0.1, 0.15) is 0 Å². The van der Waals surface area contributed by atoms with Crippen molar-refractivity contribution in [1.29, 1.82) is 0 Å². The topological polar surface area (TPSA) is 43.1 Å². The van der Waals surface area contributed by atoms with E-state index in [0.29, 0.717) is 0 Å². The summed E-state index contributed by atoms with van der Waals surface area (Å²) in [5.74, 6) is -5.02. The van der Waals surface area contributed by atoms with E-state index in [2.05, 4.69) is 18.4 Å². The summed E-state index contributed by atoms with van der Waals surface area (Å²) in [6.07, 6.45) is -0.592. The van der Waals surface area contributed by atoms with E-state index >= 15 is 0 Å². The van der Waals surface area contributed by atoms with Gasteiger partial charge in [-0.25, -0.2) is 0 Å². The largest absolute Gasteiger partial charge is 0.364 e. The number of nitrogens with two attached hydrogens (primary N) is 1. The Balaban J connectivity index is 3.85. The highest BCUT2D eigenvalue weighted by Gasteiger charge is 2.34. The van der Waals surface area contributed by atoms with Gasteiger partial charge in [0.15, 0.2) is 0 Å². The number of carbonyl (C=O) groups excluding carboxylic acids is 1. The first-order chi connectivity index (χ1) is 4.00. The molecule has 0 heterocycles. The maximum atomic E-state index is 12.0. The summed E-state index contributed by atoms with van der Waals surface area (Å²) in [7, 11) is 0. The van der Waals surface area contributed by atoms with Crippen LogP contribution in [-0.4, -0.2) is 17.6 Å². The van der Waals surface area contributed by atoms with Crippen molar-refractivity contribution in [3.63, 3.8) is 0 Å². The number of carbonyl (C=O) groups is 1. The quantitative estimate of drug-likeness (QED) is 0.570. The van der Waals surface area contributed by atoms with Crippen LogP contribution in [0.2, 0.25) is 0 Å². The number of alkyl halides is 2. The van der Waals surface area contributed by atoms with Crippen LogP contribution in [0.25, 0.3) is 0 Å². The molecular weight excluding hydrogens is 148 g/mol. The highest BCUT2D eigenvalue weighted by atomic mass is 32.1. The molecule has 1 amide bonds. The minimum Gasteiger partial charge on any atom is -0.364 e. The molecule has 0 aromatic heterocycles. The van der Waals surface area contributed by atoms with Gasteiger partial charge in [-0.05, 0) is 5.75 Å². The van der Waals surface area contributed by atoms with Crippen LogP contribution in [-0.2, 0) is 4.79 Å². The molecule has 0 aromatic rings. The first-order valence-corrected chi connectivity index (χ1v) is 2.92. The Morgan fingerprint density at radius 3 is 2.22 bits per heavy atom. The second-order valence-corrected chi connectivity index (χ2v) is 1.99. The number of rotatable bonds is 3. The zero-order chi connectivity index (χ0) is 7.49. The van der Waals surface area contributed by atoms with Crippen molar-refractivity contribution < 1.29 is 13.6 Å². The summed E-state index contributed by atoms with van der Waals surface area (Å²) in [4.78, 5) is 9.85. The molecule has 0 fully saturated rings. The fraction of sp³-hybridized carbons (Fsp3) is 0.750. The van der Waals surface area contributed by atoms with Crippen LogP contribution in [0.15, 0.2) is 0 Å². The molecule has 0 rings (SSSR count). The average molecular weight is 155 g/mol. The highest BCUT2D eigenvalue weighted by Crippen LogP contribution is 2.17. The molecule has 0 bridgehead atoms. The van der Waals surface area contributed by atoms with Crippen molar-refractivity contribution in [3.8, 4) is 0 Å². The molecule has 54 valence electrons. The van der Waals surface area contributed by atoms with Crippen molar-refractivity contribution in [1.82, 2.24) is 0 Å². The van der Waals surface area contributed by atoms with Gasteiger partial charge < -0.3 is 5.73 Å². The Bertz CT molecular complexity index is 117. The molecule has 0 aliphatic rings. The standard InChI is InChI=1S/C4H7F2NOS/c5-4(6,1-2-9)3(7)8/h9H,1-2H2,(H2,7,8). The summed E-state index contributed by atoms with van der Waals surface area (Å²) in [6, 6.07) is 0. The van der Waals surface area contributed by atoms with Gasteiger partial charge in [-0.2, -0.15) is 21.4 Å². The SMILES string of the molecule is NC(=O)C(F)(F)CCS. The monoisotopic (exact) mass is 155 g/mol. The van der Waals surface area contributed by atoms with Crippen LogP contribution >= 0.6 is 12.6 Å². The predicted molar refractivity (Wildman–Crippen MR) is 32.6 cm³/mol. The maximum absolute atomic E-state index is 12.0. The molecule has 0 atom stereocenters. The third kappa shape index (κ3) is 2.64. The molecule has 0 unspecified atom stereocenters. The number of thiol groups is 1. The van der Waals surface area contributed by atoms with Crippen LogP contribution in [0, 0.1) is 0 Å². The van der Waals surface area contributed by atoms with Gasteiger partial charge in [0.05, 0.1) is 0 Å². The van der Waals surface area contributed by atoms with Gasteiger partial charge >= 0.3 is 5.92 Å². The van der Waals surface area contributed by atoms with Crippen molar-refractivity contribution in [2.24, 2.45) is 5.73 Å². The maximum Gasteiger partial charge on any atom is 0.325 e. The lowest BCUT2D eigenvalue weighted by atomic mass is 10.2. The third-order valence-electron chi connectivity index (χ3n) is 0.786.